The Hall–Kier alpha value is -3.97. The molecular weight excluding hydrogens is 759 g/mol. The molecule has 0 spiro atoms. The maximum absolute atomic E-state index is 14.2. The van der Waals surface area contributed by atoms with Gasteiger partial charge in [0.05, 0.1) is 5.56 Å². The Kier molecular flexibility index (Phi) is 10.1. The molecule has 0 N–H and O–H groups in total. The van der Waals surface area contributed by atoms with E-state index in [9.17, 15) is 79.4 Å². The van der Waals surface area contributed by atoms with Crippen LogP contribution in [0.4, 0.5) is 74.6 Å². The molecule has 51 heavy (non-hydrogen) atoms. The lowest BCUT2D eigenvalue weighted by Crippen LogP contribution is -2.74. The number of hydrogen-bond donors (Lipinski definition) is 0. The summed E-state index contributed by atoms with van der Waals surface area (Å²) in [5.74, 6) is -58.9. The lowest BCUT2D eigenvalue weighted by Gasteiger charge is -2.42. The zero-order valence-corrected chi connectivity index (χ0v) is 25.4. The van der Waals surface area contributed by atoms with E-state index in [-0.39, 0.29) is 28.0 Å². The molecule has 0 fully saturated rings. The van der Waals surface area contributed by atoms with Gasteiger partial charge in [-0.05, 0) is 51.9 Å². The van der Waals surface area contributed by atoms with E-state index in [1.54, 1.807) is 48.5 Å². The topological polar surface area (TPSA) is 26.3 Å². The lowest BCUT2D eigenvalue weighted by molar-refractivity contribution is -0.461. The van der Waals surface area contributed by atoms with E-state index in [0.717, 1.165) is 24.3 Å². The molecule has 0 aliphatic heterocycles. The zero-order chi connectivity index (χ0) is 38.6. The highest BCUT2D eigenvalue weighted by Gasteiger charge is 2.95. The largest absolute Gasteiger partial charge is 0.460 e. The van der Waals surface area contributed by atoms with Crippen LogP contribution < -0.4 is 4.74 Å². The summed E-state index contributed by atoms with van der Waals surface area (Å²) in [6.45, 7) is 0. The number of halogens is 17. The molecule has 2 nitrogen and oxygen atoms in total. The van der Waals surface area contributed by atoms with Gasteiger partial charge >= 0.3 is 53.6 Å². The van der Waals surface area contributed by atoms with Crippen molar-refractivity contribution in [1.29, 1.82) is 0 Å². The third kappa shape index (κ3) is 6.41. The van der Waals surface area contributed by atoms with Gasteiger partial charge < -0.3 is 4.74 Å². The van der Waals surface area contributed by atoms with E-state index < -0.39 is 65.8 Å². The number of carbonyl (C=O) groups is 1. The number of benzene rings is 4. The number of alkyl halides is 17. The quantitative estimate of drug-likeness (QED) is 0.0471. The van der Waals surface area contributed by atoms with E-state index in [0.29, 0.717) is 21.5 Å². The molecule has 0 unspecified atom stereocenters. The summed E-state index contributed by atoms with van der Waals surface area (Å²) in [5.41, 5.74) is 0.170. The minimum Gasteiger partial charge on any atom is -0.423 e. The highest BCUT2D eigenvalue weighted by Crippen LogP contribution is 2.64. The number of esters is 1. The molecule has 0 heterocycles. The molecule has 0 aromatic heterocycles. The van der Waals surface area contributed by atoms with Crippen molar-refractivity contribution >= 4 is 39.3 Å². The van der Waals surface area contributed by atoms with Crippen molar-refractivity contribution in [2.24, 2.45) is 0 Å². The van der Waals surface area contributed by atoms with Gasteiger partial charge in [-0.25, -0.2) is 4.79 Å². The molecular formula is C31H17F17O2S. The molecule has 0 radical (unpaired) electrons. The fourth-order valence-corrected chi connectivity index (χ4v) is 5.57. The number of fused-ring (bicyclic) bond motifs is 2. The van der Waals surface area contributed by atoms with Gasteiger partial charge in [0.15, 0.2) is 0 Å². The van der Waals surface area contributed by atoms with E-state index in [1.807, 2.05) is 6.07 Å². The summed E-state index contributed by atoms with van der Waals surface area (Å²) in [6.07, 6.45) is -10.4. The summed E-state index contributed by atoms with van der Waals surface area (Å²) in [4.78, 5) is 13.1. The second kappa shape index (κ2) is 12.9. The molecule has 4 rings (SSSR count). The van der Waals surface area contributed by atoms with Crippen LogP contribution in [0.25, 0.3) is 21.5 Å². The molecule has 20 heteroatoms. The molecule has 0 aliphatic rings. The molecule has 4 aromatic carbocycles. The number of ether oxygens (including phenoxy) is 1. The fourth-order valence-electron chi connectivity index (χ4n) is 4.65. The van der Waals surface area contributed by atoms with Crippen molar-refractivity contribution in [1.82, 2.24) is 0 Å². The van der Waals surface area contributed by atoms with Gasteiger partial charge in [-0.1, -0.05) is 48.5 Å². The minimum atomic E-state index is -8.66. The van der Waals surface area contributed by atoms with Gasteiger partial charge in [0.1, 0.15) is 5.75 Å². The van der Waals surface area contributed by atoms with Crippen LogP contribution in [-0.2, 0) is 0 Å². The first-order valence-electron chi connectivity index (χ1n) is 13.7. The Labute approximate surface area is 278 Å². The van der Waals surface area contributed by atoms with Crippen molar-refractivity contribution in [3.8, 4) is 5.75 Å². The van der Waals surface area contributed by atoms with E-state index in [2.05, 4.69) is 0 Å². The van der Waals surface area contributed by atoms with E-state index in [4.69, 9.17) is 4.74 Å². The molecule has 0 aliphatic carbocycles. The van der Waals surface area contributed by atoms with Crippen LogP contribution in [0.5, 0.6) is 5.75 Å². The van der Waals surface area contributed by atoms with Gasteiger partial charge in [-0.15, -0.1) is 11.8 Å². The Morgan fingerprint density at radius 3 is 1.39 bits per heavy atom. The number of carbonyl (C=O) groups excluding carboxylic acids is 1. The van der Waals surface area contributed by atoms with Crippen molar-refractivity contribution in [2.75, 3.05) is 5.75 Å². The molecule has 0 saturated heterocycles. The van der Waals surface area contributed by atoms with Crippen molar-refractivity contribution in [2.45, 2.75) is 59.0 Å². The average molecular weight is 777 g/mol. The van der Waals surface area contributed by atoms with Crippen molar-refractivity contribution in [3.05, 3.63) is 84.4 Å². The molecule has 0 amide bonds. The summed E-state index contributed by atoms with van der Waals surface area (Å²) in [5, 5.41) is 2.42. The molecule has 0 atom stereocenters. The van der Waals surface area contributed by atoms with Crippen LogP contribution in [0.1, 0.15) is 16.8 Å². The molecule has 0 bridgehead atoms. The SMILES string of the molecule is O=C(Oc1ccc(SCCC(F)(F)C(F)(F)C(F)(F)C(F)(F)C(F)(F)C(F)(F)C(F)(F)C(F)(F)F)cc1)c1c2ccccc2cc2ccccc12. The van der Waals surface area contributed by atoms with Gasteiger partial charge in [0.2, 0.25) is 0 Å². The highest BCUT2D eigenvalue weighted by atomic mass is 32.2. The maximum atomic E-state index is 14.2. The first-order chi connectivity index (χ1) is 23.2. The van der Waals surface area contributed by atoms with E-state index in [1.165, 1.54) is 0 Å². The van der Waals surface area contributed by atoms with Crippen LogP contribution in [0.2, 0.25) is 0 Å². The Balaban J connectivity index is 1.48. The molecule has 278 valence electrons. The lowest BCUT2D eigenvalue weighted by atomic mass is 9.88. The minimum absolute atomic E-state index is 0.137. The highest BCUT2D eigenvalue weighted by molar-refractivity contribution is 7.99. The number of rotatable bonds is 12. The Bertz CT molecular complexity index is 1850. The Morgan fingerprint density at radius 1 is 0.529 bits per heavy atom. The normalized spacial score (nSPS) is 14.3. The van der Waals surface area contributed by atoms with Gasteiger partial charge in [0.25, 0.3) is 0 Å². The predicted octanol–water partition coefficient (Wildman–Crippen LogP) is 11.7. The van der Waals surface area contributed by atoms with E-state index >= 15 is 0 Å². The smallest absolute Gasteiger partial charge is 0.423 e. The summed E-state index contributed by atoms with van der Waals surface area (Å²) in [6, 6.07) is 19.6. The van der Waals surface area contributed by atoms with Crippen molar-refractivity contribution < 1.29 is 84.2 Å². The van der Waals surface area contributed by atoms with Gasteiger partial charge in [-0.2, -0.15) is 74.6 Å². The average Bonchev–Trinajstić information content (AvgIpc) is 3.03. The fraction of sp³-hybridized carbons (Fsp3) is 0.323. The van der Waals surface area contributed by atoms with Gasteiger partial charge in [-0.3, -0.25) is 0 Å². The Morgan fingerprint density at radius 2 is 0.941 bits per heavy atom. The second-order valence-corrected chi connectivity index (χ2v) is 12.0. The molecule has 4 aromatic rings. The van der Waals surface area contributed by atoms with Crippen LogP contribution in [0.3, 0.4) is 0 Å². The third-order valence-corrected chi connectivity index (χ3v) is 8.50. The first kappa shape index (κ1) is 39.8. The van der Waals surface area contributed by atoms with Crippen LogP contribution in [0, 0.1) is 0 Å². The van der Waals surface area contributed by atoms with Gasteiger partial charge in [0, 0.05) is 17.1 Å². The summed E-state index contributed by atoms with van der Waals surface area (Å²) in [7, 11) is 0. The van der Waals surface area contributed by atoms with Crippen LogP contribution in [0.15, 0.2) is 83.8 Å². The predicted molar refractivity (Wildman–Crippen MR) is 149 cm³/mol. The third-order valence-electron chi connectivity index (χ3n) is 7.48. The first-order valence-corrected chi connectivity index (χ1v) is 14.7. The number of thioether (sulfide) groups is 1. The monoisotopic (exact) mass is 776 g/mol. The number of hydrogen-bond acceptors (Lipinski definition) is 3. The standard InChI is InChI=1S/C31H17F17O2S/c32-24(33,25(34,35)26(36,37)27(38,39)28(40,41)29(42,43)30(44,45)31(46,47)48)13-14-51-19-11-9-18(10-12-19)50-23(49)22-20-7-3-1-5-16(20)15-17-6-2-4-8-21(17)22/h1-12,15H,13-14H2. The van der Waals surface area contributed by atoms with Crippen LogP contribution >= 0.6 is 11.8 Å². The summed E-state index contributed by atoms with van der Waals surface area (Å²) < 4.78 is 235. The summed E-state index contributed by atoms with van der Waals surface area (Å²) >= 11 is 0.147. The molecule has 0 saturated carbocycles. The second-order valence-electron chi connectivity index (χ2n) is 10.8. The maximum Gasteiger partial charge on any atom is 0.460 e. The zero-order valence-electron chi connectivity index (χ0n) is 24.6. The van der Waals surface area contributed by atoms with Crippen molar-refractivity contribution in [3.63, 3.8) is 0 Å². The van der Waals surface area contributed by atoms with Crippen LogP contribution in [-0.4, -0.2) is 59.4 Å².